The Labute approximate surface area is 187 Å². The Balaban J connectivity index is 1.69. The number of fused-ring (bicyclic) bond motifs is 1. The van der Waals surface area contributed by atoms with Crippen molar-refractivity contribution in [2.24, 2.45) is 0 Å². The summed E-state index contributed by atoms with van der Waals surface area (Å²) in [6.45, 7) is 10.1. The van der Waals surface area contributed by atoms with E-state index < -0.39 is 0 Å². The van der Waals surface area contributed by atoms with Crippen molar-refractivity contribution < 1.29 is 14.3 Å². The van der Waals surface area contributed by atoms with Crippen LogP contribution in [0.5, 0.6) is 0 Å². The van der Waals surface area contributed by atoms with E-state index in [0.29, 0.717) is 44.0 Å². The van der Waals surface area contributed by atoms with Crippen LogP contribution in [0.3, 0.4) is 0 Å². The van der Waals surface area contributed by atoms with Gasteiger partial charge in [-0.1, -0.05) is 29.8 Å². The van der Waals surface area contributed by atoms with Crippen LogP contribution >= 0.6 is 0 Å². The lowest BCUT2D eigenvalue weighted by molar-refractivity contribution is 0.0572. The number of hydrogen-bond acceptors (Lipinski definition) is 5. The Morgan fingerprint density at radius 2 is 1.72 bits per heavy atom. The smallest absolute Gasteiger partial charge is 0.409 e. The highest BCUT2D eigenvalue weighted by atomic mass is 16.6. The Bertz CT molecular complexity index is 1130. The Morgan fingerprint density at radius 3 is 2.34 bits per heavy atom. The molecule has 0 radical (unpaired) electrons. The number of hydrogen-bond donors (Lipinski definition) is 0. The topological polar surface area (TPSA) is 80.6 Å². The molecule has 3 heterocycles. The van der Waals surface area contributed by atoms with Gasteiger partial charge in [0.05, 0.1) is 29.4 Å². The van der Waals surface area contributed by atoms with Crippen molar-refractivity contribution in [1.82, 2.24) is 24.6 Å². The third-order valence-electron chi connectivity index (χ3n) is 5.73. The standard InChI is InChI=1S/C24H29N5O3/c1-5-32-24(31)28-12-10-27(11-13-28)23(30)19-14-21(18-8-6-17(4)7-9-18)26-22-20(19)15-25-29(22)16(2)3/h6-9,14-16H,5,10-13H2,1-4H3. The number of amides is 2. The van der Waals surface area contributed by atoms with Crippen LogP contribution < -0.4 is 0 Å². The van der Waals surface area contributed by atoms with E-state index in [9.17, 15) is 9.59 Å². The number of rotatable bonds is 4. The van der Waals surface area contributed by atoms with Gasteiger partial charge >= 0.3 is 6.09 Å². The van der Waals surface area contributed by atoms with Crippen LogP contribution in [0, 0.1) is 6.92 Å². The second-order valence-electron chi connectivity index (χ2n) is 8.32. The van der Waals surface area contributed by atoms with Gasteiger partial charge in [-0.25, -0.2) is 14.5 Å². The second kappa shape index (κ2) is 8.98. The summed E-state index contributed by atoms with van der Waals surface area (Å²) < 4.78 is 6.93. The fourth-order valence-corrected chi connectivity index (χ4v) is 3.92. The average Bonchev–Trinajstić information content (AvgIpc) is 3.23. The van der Waals surface area contributed by atoms with E-state index in [2.05, 4.69) is 5.10 Å². The molecular weight excluding hydrogens is 406 g/mol. The lowest BCUT2D eigenvalue weighted by Gasteiger charge is -2.34. The van der Waals surface area contributed by atoms with E-state index in [1.807, 2.05) is 55.8 Å². The molecule has 0 N–H and O–H groups in total. The molecule has 8 nitrogen and oxygen atoms in total. The van der Waals surface area contributed by atoms with Crippen molar-refractivity contribution in [3.63, 3.8) is 0 Å². The molecule has 0 atom stereocenters. The first-order valence-electron chi connectivity index (χ1n) is 11.0. The third-order valence-corrected chi connectivity index (χ3v) is 5.73. The highest BCUT2D eigenvalue weighted by Gasteiger charge is 2.28. The number of ether oxygens (including phenoxy) is 1. The lowest BCUT2D eigenvalue weighted by atomic mass is 10.0. The van der Waals surface area contributed by atoms with Gasteiger partial charge in [-0.3, -0.25) is 4.79 Å². The van der Waals surface area contributed by atoms with E-state index in [-0.39, 0.29) is 18.0 Å². The molecule has 2 amide bonds. The van der Waals surface area contributed by atoms with Crippen molar-refractivity contribution in [3.05, 3.63) is 47.7 Å². The summed E-state index contributed by atoms with van der Waals surface area (Å²) in [5.74, 6) is -0.0717. The quantitative estimate of drug-likeness (QED) is 0.621. The van der Waals surface area contributed by atoms with Crippen LogP contribution in [0.2, 0.25) is 0 Å². The summed E-state index contributed by atoms with van der Waals surface area (Å²) in [7, 11) is 0. The monoisotopic (exact) mass is 435 g/mol. The molecule has 0 aliphatic carbocycles. The summed E-state index contributed by atoms with van der Waals surface area (Å²) in [6, 6.07) is 10.1. The number of nitrogens with zero attached hydrogens (tertiary/aromatic N) is 5. The molecule has 168 valence electrons. The van der Waals surface area contributed by atoms with Crippen molar-refractivity contribution >= 4 is 23.0 Å². The molecule has 0 spiro atoms. The SMILES string of the molecule is CCOC(=O)N1CCN(C(=O)c2cc(-c3ccc(C)cc3)nc3c2cnn3C(C)C)CC1. The molecule has 32 heavy (non-hydrogen) atoms. The zero-order chi connectivity index (χ0) is 22.8. The van der Waals surface area contributed by atoms with Gasteiger partial charge < -0.3 is 14.5 Å². The first kappa shape index (κ1) is 21.8. The van der Waals surface area contributed by atoms with E-state index in [1.165, 1.54) is 0 Å². The van der Waals surface area contributed by atoms with Crippen LogP contribution in [0.1, 0.15) is 42.7 Å². The van der Waals surface area contributed by atoms with E-state index in [1.54, 1.807) is 22.9 Å². The molecule has 0 saturated carbocycles. The van der Waals surface area contributed by atoms with Gasteiger partial charge in [-0.05, 0) is 33.8 Å². The van der Waals surface area contributed by atoms with Crippen molar-refractivity contribution in [1.29, 1.82) is 0 Å². The molecule has 1 saturated heterocycles. The normalized spacial score (nSPS) is 14.3. The number of aryl methyl sites for hydroxylation is 1. The Morgan fingerprint density at radius 1 is 1.06 bits per heavy atom. The van der Waals surface area contributed by atoms with Gasteiger partial charge in [0.1, 0.15) is 0 Å². The molecular formula is C24H29N5O3. The molecule has 8 heteroatoms. The van der Waals surface area contributed by atoms with Gasteiger partial charge in [0.15, 0.2) is 5.65 Å². The van der Waals surface area contributed by atoms with Gasteiger partial charge in [-0.2, -0.15) is 5.10 Å². The molecule has 0 bridgehead atoms. The van der Waals surface area contributed by atoms with Gasteiger partial charge in [0.2, 0.25) is 0 Å². The van der Waals surface area contributed by atoms with E-state index in [0.717, 1.165) is 22.2 Å². The van der Waals surface area contributed by atoms with Crippen molar-refractivity contribution in [3.8, 4) is 11.3 Å². The first-order valence-corrected chi connectivity index (χ1v) is 11.0. The number of carbonyl (C=O) groups is 2. The van der Waals surface area contributed by atoms with Gasteiger partial charge in [0.25, 0.3) is 5.91 Å². The van der Waals surface area contributed by atoms with E-state index >= 15 is 0 Å². The van der Waals surface area contributed by atoms with Crippen LogP contribution in [-0.2, 0) is 4.74 Å². The summed E-state index contributed by atoms with van der Waals surface area (Å²) in [6.07, 6.45) is 1.40. The minimum atomic E-state index is -0.328. The Kier molecular flexibility index (Phi) is 6.12. The number of benzene rings is 1. The number of pyridine rings is 1. The maximum absolute atomic E-state index is 13.6. The highest BCUT2D eigenvalue weighted by Crippen LogP contribution is 2.28. The van der Waals surface area contributed by atoms with Crippen LogP contribution in [0.4, 0.5) is 4.79 Å². The van der Waals surface area contributed by atoms with Crippen LogP contribution in [0.25, 0.3) is 22.3 Å². The summed E-state index contributed by atoms with van der Waals surface area (Å²) >= 11 is 0. The zero-order valence-electron chi connectivity index (χ0n) is 19.0. The van der Waals surface area contributed by atoms with Gasteiger partial charge in [0, 0.05) is 37.8 Å². The minimum Gasteiger partial charge on any atom is -0.450 e. The largest absolute Gasteiger partial charge is 0.450 e. The van der Waals surface area contributed by atoms with Crippen LogP contribution in [-0.4, -0.2) is 69.4 Å². The molecule has 1 aliphatic heterocycles. The second-order valence-corrected chi connectivity index (χ2v) is 8.32. The summed E-state index contributed by atoms with van der Waals surface area (Å²) in [5, 5.41) is 5.24. The number of piperazine rings is 1. The van der Waals surface area contributed by atoms with Gasteiger partial charge in [-0.15, -0.1) is 0 Å². The van der Waals surface area contributed by atoms with E-state index in [4.69, 9.17) is 9.72 Å². The number of aromatic nitrogens is 3. The fraction of sp³-hybridized carbons (Fsp3) is 0.417. The van der Waals surface area contributed by atoms with Crippen molar-refractivity contribution in [2.75, 3.05) is 32.8 Å². The number of carbonyl (C=O) groups excluding carboxylic acids is 2. The summed E-state index contributed by atoms with van der Waals surface area (Å²) in [5.41, 5.74) is 4.15. The van der Waals surface area contributed by atoms with Crippen LogP contribution in [0.15, 0.2) is 36.5 Å². The molecule has 2 aromatic heterocycles. The summed E-state index contributed by atoms with van der Waals surface area (Å²) in [4.78, 5) is 33.8. The average molecular weight is 436 g/mol. The maximum atomic E-state index is 13.6. The predicted octanol–water partition coefficient (Wildman–Crippen LogP) is 3.90. The molecule has 1 aromatic carbocycles. The zero-order valence-corrected chi connectivity index (χ0v) is 19.0. The minimum absolute atomic E-state index is 0.0717. The predicted molar refractivity (Wildman–Crippen MR) is 123 cm³/mol. The molecule has 0 unspecified atom stereocenters. The lowest BCUT2D eigenvalue weighted by Crippen LogP contribution is -2.50. The molecule has 4 rings (SSSR count). The van der Waals surface area contributed by atoms with Crippen molar-refractivity contribution in [2.45, 2.75) is 33.7 Å². The highest BCUT2D eigenvalue weighted by molar-refractivity contribution is 6.06. The molecule has 1 aliphatic rings. The first-order chi connectivity index (χ1) is 15.4. The molecule has 1 fully saturated rings. The molecule has 3 aromatic rings. The third kappa shape index (κ3) is 4.17. The Hall–Kier alpha value is -3.42. The fourth-order valence-electron chi connectivity index (χ4n) is 3.92. The maximum Gasteiger partial charge on any atom is 0.409 e.